The predicted molar refractivity (Wildman–Crippen MR) is 117 cm³/mol. The van der Waals surface area contributed by atoms with E-state index in [-0.39, 0.29) is 6.04 Å². The second kappa shape index (κ2) is 9.84. The minimum atomic E-state index is -0.160. The number of ether oxygens (including phenoxy) is 2. The lowest BCUT2D eigenvalue weighted by molar-refractivity contribution is -0.110. The summed E-state index contributed by atoms with van der Waals surface area (Å²) in [6.07, 6.45) is 5.00. The van der Waals surface area contributed by atoms with E-state index in [9.17, 15) is 10.1 Å². The Bertz CT molecular complexity index is 1070. The highest BCUT2D eigenvalue weighted by Crippen LogP contribution is 2.35. The van der Waals surface area contributed by atoms with Crippen LogP contribution in [-0.4, -0.2) is 25.1 Å². The first kappa shape index (κ1) is 21.3. The van der Waals surface area contributed by atoms with Gasteiger partial charge in [-0.15, -0.1) is 0 Å². The average molecular weight is 405 g/mol. The molecule has 1 amide bonds. The van der Waals surface area contributed by atoms with Gasteiger partial charge in [0.1, 0.15) is 0 Å². The number of carbonyl (C=O) groups excluding carboxylic acids is 1. The lowest BCUT2D eigenvalue weighted by Crippen LogP contribution is -2.21. The number of H-pyrrole nitrogens is 1. The summed E-state index contributed by atoms with van der Waals surface area (Å²) >= 11 is 0. The number of rotatable bonds is 10. The third kappa shape index (κ3) is 4.41. The lowest BCUT2D eigenvalue weighted by Gasteiger charge is -2.22. The van der Waals surface area contributed by atoms with Gasteiger partial charge in [0.25, 0.3) is 0 Å². The number of carbonyl (C=O) groups is 1. The minimum Gasteiger partial charge on any atom is -0.493 e. The molecule has 0 aliphatic carbocycles. The van der Waals surface area contributed by atoms with E-state index in [0.717, 1.165) is 46.8 Å². The van der Waals surface area contributed by atoms with Gasteiger partial charge in [0.15, 0.2) is 11.5 Å². The van der Waals surface area contributed by atoms with Crippen LogP contribution >= 0.6 is 0 Å². The number of aromatic amines is 1. The molecule has 0 aliphatic heterocycles. The molecule has 0 aliphatic rings. The van der Waals surface area contributed by atoms with Crippen LogP contribution in [0.5, 0.6) is 11.5 Å². The van der Waals surface area contributed by atoms with Gasteiger partial charge in [0, 0.05) is 17.1 Å². The Labute approximate surface area is 176 Å². The van der Waals surface area contributed by atoms with Crippen molar-refractivity contribution < 1.29 is 14.3 Å². The van der Waals surface area contributed by atoms with Crippen LogP contribution in [0, 0.1) is 11.3 Å². The van der Waals surface area contributed by atoms with Crippen molar-refractivity contribution in [1.82, 2.24) is 10.3 Å². The van der Waals surface area contributed by atoms with E-state index >= 15 is 0 Å². The lowest BCUT2D eigenvalue weighted by atomic mass is 9.93. The number of fused-ring (bicyclic) bond motifs is 1. The highest BCUT2D eigenvalue weighted by molar-refractivity contribution is 5.84. The van der Waals surface area contributed by atoms with E-state index in [1.54, 1.807) is 13.2 Å². The molecule has 2 N–H and O–H groups in total. The van der Waals surface area contributed by atoms with Crippen molar-refractivity contribution in [2.45, 2.75) is 39.2 Å². The first-order valence-corrected chi connectivity index (χ1v) is 10.2. The zero-order chi connectivity index (χ0) is 21.5. The summed E-state index contributed by atoms with van der Waals surface area (Å²) in [5, 5.41) is 13.2. The monoisotopic (exact) mass is 405 g/mol. The fraction of sp³-hybridized carbons (Fsp3) is 0.333. The van der Waals surface area contributed by atoms with Crippen LogP contribution in [0.1, 0.15) is 48.6 Å². The van der Waals surface area contributed by atoms with E-state index < -0.39 is 0 Å². The zero-order valence-corrected chi connectivity index (χ0v) is 17.6. The SMILES string of the molecule is CCOc1cc(C(CCc2c[nH]c3ccc(C#N)cc23)NC=O)c(CC)cc1OC. The molecule has 156 valence electrons. The molecule has 3 aromatic rings. The van der Waals surface area contributed by atoms with Crippen molar-refractivity contribution in [2.75, 3.05) is 13.7 Å². The first-order chi connectivity index (χ1) is 14.6. The number of aryl methyl sites for hydroxylation is 2. The van der Waals surface area contributed by atoms with E-state index in [4.69, 9.17) is 9.47 Å². The van der Waals surface area contributed by atoms with Crippen molar-refractivity contribution in [3.63, 3.8) is 0 Å². The van der Waals surface area contributed by atoms with Gasteiger partial charge in [0.05, 0.1) is 31.4 Å². The molecule has 0 saturated heterocycles. The molecule has 1 heterocycles. The van der Waals surface area contributed by atoms with E-state index in [2.05, 4.69) is 23.3 Å². The van der Waals surface area contributed by atoms with Gasteiger partial charge in [-0.05, 0) is 73.2 Å². The number of nitrogens with zero attached hydrogens (tertiary/aromatic N) is 1. The maximum Gasteiger partial charge on any atom is 0.207 e. The largest absolute Gasteiger partial charge is 0.493 e. The number of nitriles is 1. The molecule has 1 atom stereocenters. The topological polar surface area (TPSA) is 87.1 Å². The van der Waals surface area contributed by atoms with Crippen LogP contribution in [0.3, 0.4) is 0 Å². The minimum absolute atomic E-state index is 0.160. The highest BCUT2D eigenvalue weighted by atomic mass is 16.5. The van der Waals surface area contributed by atoms with Crippen LogP contribution in [0.2, 0.25) is 0 Å². The van der Waals surface area contributed by atoms with Crippen LogP contribution < -0.4 is 14.8 Å². The Morgan fingerprint density at radius 1 is 1.20 bits per heavy atom. The smallest absolute Gasteiger partial charge is 0.207 e. The number of amides is 1. The van der Waals surface area contributed by atoms with Gasteiger partial charge in [-0.3, -0.25) is 4.79 Å². The number of aromatic nitrogens is 1. The normalized spacial score (nSPS) is 11.7. The summed E-state index contributed by atoms with van der Waals surface area (Å²) in [6, 6.07) is 11.6. The van der Waals surface area contributed by atoms with Crippen molar-refractivity contribution in [2.24, 2.45) is 0 Å². The molecule has 2 aromatic carbocycles. The molecule has 6 nitrogen and oxygen atoms in total. The summed E-state index contributed by atoms with van der Waals surface area (Å²) in [5.41, 5.74) is 4.90. The summed E-state index contributed by atoms with van der Waals surface area (Å²) in [4.78, 5) is 14.6. The molecule has 3 rings (SSSR count). The molecule has 30 heavy (non-hydrogen) atoms. The van der Waals surface area contributed by atoms with Crippen LogP contribution in [0.15, 0.2) is 36.5 Å². The van der Waals surface area contributed by atoms with Crippen LogP contribution in [-0.2, 0) is 17.6 Å². The standard InChI is InChI=1S/C24H27N3O3/c1-4-17-11-23(29-3)24(30-5-2)12-20(17)22(27-15-28)9-7-18-14-26-21-8-6-16(13-25)10-19(18)21/h6,8,10-12,14-15,22,26H,4-5,7,9H2,1-3H3,(H,27,28). The molecule has 1 aromatic heterocycles. The molecular weight excluding hydrogens is 378 g/mol. The second-order valence-corrected chi connectivity index (χ2v) is 7.05. The zero-order valence-electron chi connectivity index (χ0n) is 17.6. The summed E-state index contributed by atoms with van der Waals surface area (Å²) in [5.74, 6) is 1.37. The van der Waals surface area contributed by atoms with Crippen LogP contribution in [0.25, 0.3) is 10.9 Å². The van der Waals surface area contributed by atoms with Gasteiger partial charge in [0.2, 0.25) is 6.41 Å². The first-order valence-electron chi connectivity index (χ1n) is 10.2. The summed E-state index contributed by atoms with van der Waals surface area (Å²) in [6.45, 7) is 4.55. The van der Waals surface area contributed by atoms with E-state index in [0.29, 0.717) is 30.1 Å². The molecule has 0 bridgehead atoms. The van der Waals surface area contributed by atoms with Gasteiger partial charge in [-0.2, -0.15) is 5.26 Å². The number of hydrogen-bond acceptors (Lipinski definition) is 4. The van der Waals surface area contributed by atoms with Gasteiger partial charge in [-0.25, -0.2) is 0 Å². The van der Waals surface area contributed by atoms with Gasteiger partial charge >= 0.3 is 0 Å². The van der Waals surface area contributed by atoms with Crippen molar-refractivity contribution in [1.29, 1.82) is 5.26 Å². The fourth-order valence-electron chi connectivity index (χ4n) is 3.84. The second-order valence-electron chi connectivity index (χ2n) is 7.05. The maximum absolute atomic E-state index is 11.4. The number of hydrogen-bond donors (Lipinski definition) is 2. The molecule has 6 heteroatoms. The Kier molecular flexibility index (Phi) is 6.97. The summed E-state index contributed by atoms with van der Waals surface area (Å²) < 4.78 is 11.2. The molecular formula is C24H27N3O3. The van der Waals surface area contributed by atoms with Gasteiger partial charge < -0.3 is 19.8 Å². The predicted octanol–water partition coefficient (Wildman–Crippen LogP) is 4.43. The molecule has 0 saturated carbocycles. The number of benzene rings is 2. The van der Waals surface area contributed by atoms with Gasteiger partial charge in [-0.1, -0.05) is 6.92 Å². The summed E-state index contributed by atoms with van der Waals surface area (Å²) in [7, 11) is 1.63. The molecule has 0 spiro atoms. The Hall–Kier alpha value is -3.46. The molecule has 0 fully saturated rings. The third-order valence-corrected chi connectivity index (χ3v) is 5.35. The average Bonchev–Trinajstić information content (AvgIpc) is 3.18. The highest BCUT2D eigenvalue weighted by Gasteiger charge is 2.19. The quantitative estimate of drug-likeness (QED) is 0.489. The maximum atomic E-state index is 11.4. The van der Waals surface area contributed by atoms with E-state index in [1.807, 2.05) is 37.4 Å². The Morgan fingerprint density at radius 3 is 2.70 bits per heavy atom. The number of nitrogens with one attached hydrogen (secondary N) is 2. The van der Waals surface area contributed by atoms with E-state index in [1.165, 1.54) is 0 Å². The molecule has 1 unspecified atom stereocenters. The van der Waals surface area contributed by atoms with Crippen molar-refractivity contribution in [3.8, 4) is 17.6 Å². The Balaban J connectivity index is 1.92. The fourth-order valence-corrected chi connectivity index (χ4v) is 3.84. The Morgan fingerprint density at radius 2 is 2.03 bits per heavy atom. The number of methoxy groups -OCH3 is 1. The molecule has 0 radical (unpaired) electrons. The van der Waals surface area contributed by atoms with Crippen molar-refractivity contribution >= 4 is 17.3 Å². The van der Waals surface area contributed by atoms with Crippen LogP contribution in [0.4, 0.5) is 0 Å². The third-order valence-electron chi connectivity index (χ3n) is 5.35. The van der Waals surface area contributed by atoms with Crippen molar-refractivity contribution in [3.05, 3.63) is 58.8 Å².